The Hall–Kier alpha value is -1.37. The van der Waals surface area contributed by atoms with E-state index in [0.717, 1.165) is 0 Å². The van der Waals surface area contributed by atoms with Crippen molar-refractivity contribution < 1.29 is 13.2 Å². The second-order valence-corrected chi connectivity index (χ2v) is 7.32. The van der Waals surface area contributed by atoms with E-state index in [1.807, 2.05) is 0 Å². The van der Waals surface area contributed by atoms with Gasteiger partial charge in [-0.1, -0.05) is 12.1 Å². The van der Waals surface area contributed by atoms with Crippen LogP contribution < -0.4 is 5.32 Å². The predicted octanol–water partition coefficient (Wildman–Crippen LogP) is 3.63. The van der Waals surface area contributed by atoms with E-state index in [-0.39, 0.29) is 10.8 Å². The molecule has 20 heavy (non-hydrogen) atoms. The van der Waals surface area contributed by atoms with E-state index in [1.54, 1.807) is 24.3 Å². The molecule has 0 aliphatic heterocycles. The summed E-state index contributed by atoms with van der Waals surface area (Å²) in [6.45, 7) is 0. The molecule has 0 aliphatic carbocycles. The number of benzene rings is 2. The van der Waals surface area contributed by atoms with Crippen molar-refractivity contribution in [1.82, 2.24) is 0 Å². The van der Waals surface area contributed by atoms with E-state index in [1.165, 1.54) is 24.3 Å². The minimum absolute atomic E-state index is 0.0157. The second kappa shape index (κ2) is 5.95. The van der Waals surface area contributed by atoms with Gasteiger partial charge in [-0.15, -0.1) is 0 Å². The van der Waals surface area contributed by atoms with Crippen molar-refractivity contribution in [2.75, 3.05) is 5.32 Å². The maximum atomic E-state index is 12.0. The summed E-state index contributed by atoms with van der Waals surface area (Å²) in [7, 11) is 1.46. The van der Waals surface area contributed by atoms with Crippen molar-refractivity contribution in [3.05, 3.63) is 58.6 Å². The highest BCUT2D eigenvalue weighted by atomic mass is 79.9. The molecule has 1 N–H and O–H groups in total. The summed E-state index contributed by atoms with van der Waals surface area (Å²) < 4.78 is 22.9. The molecule has 0 atom stereocenters. The average molecular weight is 375 g/mol. The first kappa shape index (κ1) is 15.0. The van der Waals surface area contributed by atoms with Gasteiger partial charge in [-0.3, -0.25) is 4.79 Å². The molecule has 0 heterocycles. The summed E-state index contributed by atoms with van der Waals surface area (Å²) in [6, 6.07) is 12.6. The lowest BCUT2D eigenvalue weighted by Gasteiger charge is -2.07. The third-order valence-electron chi connectivity index (χ3n) is 2.51. The van der Waals surface area contributed by atoms with Crippen molar-refractivity contribution in [2.24, 2.45) is 0 Å². The van der Waals surface area contributed by atoms with Crippen LogP contribution in [0.2, 0.25) is 0 Å². The fourth-order valence-corrected chi connectivity index (χ4v) is 2.78. The molecular formula is C13H9BrClNO3S. The van der Waals surface area contributed by atoms with Crippen molar-refractivity contribution in [3.63, 3.8) is 0 Å². The first-order chi connectivity index (χ1) is 9.38. The Labute approximate surface area is 129 Å². The van der Waals surface area contributed by atoms with Gasteiger partial charge in [0.2, 0.25) is 0 Å². The molecule has 0 saturated heterocycles. The number of hydrogen-bond donors (Lipinski definition) is 1. The average Bonchev–Trinajstić information content (AvgIpc) is 2.38. The lowest BCUT2D eigenvalue weighted by molar-refractivity contribution is 0.102. The fraction of sp³-hybridized carbons (Fsp3) is 0. The summed E-state index contributed by atoms with van der Waals surface area (Å²) in [4.78, 5) is 12.0. The van der Waals surface area contributed by atoms with E-state index >= 15 is 0 Å². The Bertz CT molecular complexity index is 744. The Morgan fingerprint density at radius 1 is 1.05 bits per heavy atom. The first-order valence-corrected chi connectivity index (χ1v) is 8.59. The zero-order valence-electron chi connectivity index (χ0n) is 10.0. The third-order valence-corrected chi connectivity index (χ3v) is 4.57. The minimum Gasteiger partial charge on any atom is -0.322 e. The van der Waals surface area contributed by atoms with E-state index in [4.69, 9.17) is 10.7 Å². The Morgan fingerprint density at radius 2 is 1.65 bits per heavy atom. The van der Waals surface area contributed by atoms with Crippen molar-refractivity contribution in [3.8, 4) is 0 Å². The van der Waals surface area contributed by atoms with Gasteiger partial charge in [-0.05, 0) is 52.3 Å². The highest BCUT2D eigenvalue weighted by Crippen LogP contribution is 2.20. The van der Waals surface area contributed by atoms with Crippen LogP contribution in [0.4, 0.5) is 5.69 Å². The van der Waals surface area contributed by atoms with Crippen molar-refractivity contribution >= 4 is 47.3 Å². The molecule has 2 rings (SSSR count). The van der Waals surface area contributed by atoms with Gasteiger partial charge in [-0.2, -0.15) is 0 Å². The maximum absolute atomic E-state index is 12.0. The van der Waals surface area contributed by atoms with Crippen LogP contribution in [-0.4, -0.2) is 14.3 Å². The van der Waals surface area contributed by atoms with Crippen LogP contribution >= 0.6 is 26.6 Å². The van der Waals surface area contributed by atoms with Crippen molar-refractivity contribution in [2.45, 2.75) is 4.90 Å². The molecule has 0 radical (unpaired) electrons. The maximum Gasteiger partial charge on any atom is 0.261 e. The normalized spacial score (nSPS) is 11.1. The topological polar surface area (TPSA) is 63.2 Å². The molecule has 104 valence electrons. The monoisotopic (exact) mass is 373 g/mol. The molecule has 1 amide bonds. The Balaban J connectivity index is 2.19. The number of halogens is 2. The molecule has 0 saturated carbocycles. The van der Waals surface area contributed by atoms with E-state index in [9.17, 15) is 13.2 Å². The molecule has 0 bridgehead atoms. The van der Waals surface area contributed by atoms with Crippen LogP contribution in [0.1, 0.15) is 10.4 Å². The first-order valence-electron chi connectivity index (χ1n) is 5.48. The van der Waals surface area contributed by atoms with Crippen LogP contribution in [0.3, 0.4) is 0 Å². The van der Waals surface area contributed by atoms with Crippen LogP contribution in [0.25, 0.3) is 0 Å². The minimum atomic E-state index is -3.75. The van der Waals surface area contributed by atoms with Gasteiger partial charge in [-0.25, -0.2) is 8.42 Å². The SMILES string of the molecule is O=C(Nc1ccc(S(=O)(=O)Cl)cc1)c1ccccc1Br. The molecule has 2 aromatic carbocycles. The number of amides is 1. The largest absolute Gasteiger partial charge is 0.322 e. The quantitative estimate of drug-likeness (QED) is 0.835. The lowest BCUT2D eigenvalue weighted by Crippen LogP contribution is -2.12. The van der Waals surface area contributed by atoms with E-state index < -0.39 is 9.05 Å². The summed E-state index contributed by atoms with van der Waals surface area (Å²) in [6.07, 6.45) is 0. The number of nitrogens with one attached hydrogen (secondary N) is 1. The summed E-state index contributed by atoms with van der Waals surface area (Å²) in [5, 5.41) is 2.67. The predicted molar refractivity (Wildman–Crippen MR) is 81.6 cm³/mol. The van der Waals surface area contributed by atoms with Gasteiger partial charge >= 0.3 is 0 Å². The molecular weight excluding hydrogens is 366 g/mol. The third kappa shape index (κ3) is 3.59. The molecule has 7 heteroatoms. The number of carbonyl (C=O) groups excluding carboxylic acids is 1. The lowest BCUT2D eigenvalue weighted by atomic mass is 10.2. The summed E-state index contributed by atoms with van der Waals surface area (Å²) in [5.41, 5.74) is 0.969. The Morgan fingerprint density at radius 3 is 2.20 bits per heavy atom. The van der Waals surface area contributed by atoms with Crippen LogP contribution in [0.15, 0.2) is 57.9 Å². The number of anilines is 1. The standard InChI is InChI=1S/C13H9BrClNO3S/c14-12-4-2-1-3-11(12)13(17)16-9-5-7-10(8-6-9)20(15,18)19/h1-8H,(H,16,17). The van der Waals surface area contributed by atoms with E-state index in [0.29, 0.717) is 15.7 Å². The van der Waals surface area contributed by atoms with Gasteiger partial charge in [0, 0.05) is 20.8 Å². The van der Waals surface area contributed by atoms with Gasteiger partial charge in [0.15, 0.2) is 0 Å². The molecule has 0 fully saturated rings. The summed E-state index contributed by atoms with van der Waals surface area (Å²) in [5.74, 6) is -0.293. The molecule has 0 aliphatic rings. The zero-order valence-corrected chi connectivity index (χ0v) is 13.2. The van der Waals surface area contributed by atoms with Crippen LogP contribution in [0, 0.1) is 0 Å². The Kier molecular flexibility index (Phi) is 4.47. The second-order valence-electron chi connectivity index (χ2n) is 3.90. The van der Waals surface area contributed by atoms with Gasteiger partial charge < -0.3 is 5.32 Å². The van der Waals surface area contributed by atoms with Gasteiger partial charge in [0.25, 0.3) is 15.0 Å². The number of carbonyl (C=O) groups is 1. The highest BCUT2D eigenvalue weighted by Gasteiger charge is 2.11. The number of rotatable bonds is 3. The summed E-state index contributed by atoms with van der Waals surface area (Å²) >= 11 is 3.29. The molecule has 4 nitrogen and oxygen atoms in total. The smallest absolute Gasteiger partial charge is 0.261 e. The van der Waals surface area contributed by atoms with Crippen LogP contribution in [0.5, 0.6) is 0 Å². The molecule has 0 spiro atoms. The van der Waals surface area contributed by atoms with Crippen molar-refractivity contribution in [1.29, 1.82) is 0 Å². The van der Waals surface area contributed by atoms with E-state index in [2.05, 4.69) is 21.2 Å². The van der Waals surface area contributed by atoms with Gasteiger partial charge in [0.1, 0.15) is 0 Å². The zero-order chi connectivity index (χ0) is 14.8. The molecule has 0 aromatic heterocycles. The fourth-order valence-electron chi connectivity index (χ4n) is 1.54. The van der Waals surface area contributed by atoms with Crippen LogP contribution in [-0.2, 0) is 9.05 Å². The van der Waals surface area contributed by atoms with Gasteiger partial charge in [0.05, 0.1) is 10.5 Å². The molecule has 0 unspecified atom stereocenters. The molecule has 2 aromatic rings. The number of hydrogen-bond acceptors (Lipinski definition) is 3. The highest BCUT2D eigenvalue weighted by molar-refractivity contribution is 9.10.